The molecule has 3 heterocycles. The third kappa shape index (κ3) is 5.19. The van der Waals surface area contributed by atoms with Crippen LogP contribution in [0.15, 0.2) is 72.4 Å². The maximum Gasteiger partial charge on any atom is 0.416 e. The predicted molar refractivity (Wildman–Crippen MR) is 115 cm³/mol. The maximum atomic E-state index is 13.5. The van der Waals surface area contributed by atoms with E-state index in [-0.39, 0.29) is 17.9 Å². The number of halogens is 3. The minimum Gasteiger partial charge on any atom is -0.491 e. The van der Waals surface area contributed by atoms with Gasteiger partial charge in [0, 0.05) is 18.5 Å². The second kappa shape index (κ2) is 9.79. The number of benzene rings is 1. The number of aliphatic hydroxyl groups excluding tert-OH is 2. The molecule has 4 unspecified atom stereocenters. The molecule has 34 heavy (non-hydrogen) atoms. The molecule has 0 fully saturated rings. The van der Waals surface area contributed by atoms with Crippen LogP contribution in [0.25, 0.3) is 0 Å². The van der Waals surface area contributed by atoms with Gasteiger partial charge in [-0.2, -0.15) is 13.2 Å². The van der Waals surface area contributed by atoms with E-state index in [1.807, 2.05) is 0 Å². The van der Waals surface area contributed by atoms with E-state index in [2.05, 4.69) is 21.4 Å². The number of ether oxygens (including phenoxy) is 1. The zero-order chi connectivity index (χ0) is 24.3. The van der Waals surface area contributed by atoms with Crippen molar-refractivity contribution < 1.29 is 32.9 Å². The van der Waals surface area contributed by atoms with Crippen LogP contribution < -0.4 is 21.4 Å². The molecule has 0 saturated carbocycles. The number of aliphatic hydroxyl groups is 2. The van der Waals surface area contributed by atoms with Crippen LogP contribution in [-0.2, 0) is 15.7 Å². The Balaban J connectivity index is 1.43. The summed E-state index contributed by atoms with van der Waals surface area (Å²) >= 11 is 0. The molecular formula is C22H24F3N5O4. The lowest BCUT2D eigenvalue weighted by Crippen LogP contribution is -2.53. The Kier molecular flexibility index (Phi) is 6.82. The number of carbonyl (C=O) groups is 1. The number of alkyl halides is 3. The zero-order valence-electron chi connectivity index (χ0n) is 17.8. The highest BCUT2D eigenvalue weighted by molar-refractivity contribution is 5.93. The third-order valence-electron chi connectivity index (χ3n) is 5.32. The van der Waals surface area contributed by atoms with Crippen molar-refractivity contribution in [2.75, 3.05) is 13.2 Å². The van der Waals surface area contributed by atoms with Gasteiger partial charge in [-0.3, -0.25) is 9.80 Å². The summed E-state index contributed by atoms with van der Waals surface area (Å²) in [6.45, 7) is -0.557. The Labute approximate surface area is 193 Å². The van der Waals surface area contributed by atoms with Crippen molar-refractivity contribution in [2.24, 2.45) is 0 Å². The fraction of sp³-hybridized carbons (Fsp3) is 0.318. The molecule has 182 valence electrons. The molecule has 0 saturated heterocycles. The number of allylic oxidation sites excluding steroid dienone is 1. The molecule has 9 nitrogen and oxygen atoms in total. The molecule has 0 aromatic heterocycles. The second-order valence-electron chi connectivity index (χ2n) is 7.76. The van der Waals surface area contributed by atoms with E-state index < -0.39 is 48.7 Å². The van der Waals surface area contributed by atoms with Gasteiger partial charge in [0.2, 0.25) is 0 Å². The molecule has 3 aliphatic heterocycles. The molecule has 1 aromatic carbocycles. The first-order chi connectivity index (χ1) is 16.3. The van der Waals surface area contributed by atoms with Gasteiger partial charge in [0.15, 0.2) is 0 Å². The normalized spacial score (nSPS) is 24.4. The molecule has 0 bridgehead atoms. The highest BCUT2D eigenvalue weighted by atomic mass is 19.4. The van der Waals surface area contributed by atoms with Gasteiger partial charge in [-0.1, -0.05) is 24.3 Å². The number of amides is 1. The van der Waals surface area contributed by atoms with E-state index in [0.717, 1.165) is 6.07 Å². The quantitative estimate of drug-likeness (QED) is 0.317. The first-order valence-electron chi connectivity index (χ1n) is 10.5. The average Bonchev–Trinajstić information content (AvgIpc) is 3.25. The molecule has 0 aliphatic carbocycles. The molecule has 0 spiro atoms. The van der Waals surface area contributed by atoms with E-state index in [9.17, 15) is 23.1 Å². The van der Waals surface area contributed by atoms with Crippen LogP contribution in [0.1, 0.15) is 17.2 Å². The van der Waals surface area contributed by atoms with Crippen molar-refractivity contribution in [3.63, 3.8) is 0 Å². The zero-order valence-corrected chi connectivity index (χ0v) is 17.8. The summed E-state index contributed by atoms with van der Waals surface area (Å²) < 4.78 is 45.8. The summed E-state index contributed by atoms with van der Waals surface area (Å²) in [7, 11) is 0. The highest BCUT2D eigenvalue weighted by Gasteiger charge is 2.38. The van der Waals surface area contributed by atoms with Gasteiger partial charge in [-0.15, -0.1) is 0 Å². The maximum absolute atomic E-state index is 13.5. The molecular weight excluding hydrogens is 455 g/mol. The van der Waals surface area contributed by atoms with Crippen LogP contribution >= 0.6 is 0 Å². The van der Waals surface area contributed by atoms with Gasteiger partial charge in [0.05, 0.1) is 18.2 Å². The number of hydrogen-bond donors (Lipinski definition) is 6. The lowest BCUT2D eigenvalue weighted by atomic mass is 9.99. The summed E-state index contributed by atoms with van der Waals surface area (Å²) in [6.07, 6.45) is 2.89. The Morgan fingerprint density at radius 2 is 2.03 bits per heavy atom. The Bertz CT molecular complexity index is 1040. The highest BCUT2D eigenvalue weighted by Crippen LogP contribution is 2.36. The lowest BCUT2D eigenvalue weighted by molar-refractivity contribution is -0.138. The van der Waals surface area contributed by atoms with E-state index in [4.69, 9.17) is 9.84 Å². The number of nitrogens with one attached hydrogen (secondary N) is 4. The Hall–Kier alpha value is -3.48. The van der Waals surface area contributed by atoms with Gasteiger partial charge >= 0.3 is 6.18 Å². The van der Waals surface area contributed by atoms with Crippen LogP contribution in [0.4, 0.5) is 13.2 Å². The van der Waals surface area contributed by atoms with Crippen molar-refractivity contribution in [2.45, 2.75) is 30.7 Å². The fourth-order valence-corrected chi connectivity index (χ4v) is 3.68. The molecule has 1 amide bonds. The smallest absolute Gasteiger partial charge is 0.416 e. The summed E-state index contributed by atoms with van der Waals surface area (Å²) in [5.74, 6) is -0.102. The number of rotatable bonds is 7. The monoisotopic (exact) mass is 479 g/mol. The number of nitrogens with zero attached hydrogens (tertiary/aromatic N) is 1. The third-order valence-corrected chi connectivity index (χ3v) is 5.32. The molecule has 12 heteroatoms. The molecule has 6 N–H and O–H groups in total. The first kappa shape index (κ1) is 23.7. The summed E-state index contributed by atoms with van der Waals surface area (Å²) in [6, 6.07) is 4.50. The van der Waals surface area contributed by atoms with Crippen molar-refractivity contribution >= 4 is 5.91 Å². The van der Waals surface area contributed by atoms with Crippen LogP contribution in [-0.4, -0.2) is 52.8 Å². The Morgan fingerprint density at radius 3 is 2.79 bits per heavy atom. The second-order valence-corrected chi connectivity index (χ2v) is 7.76. The minimum atomic E-state index is -4.51. The van der Waals surface area contributed by atoms with Crippen molar-refractivity contribution in [1.29, 1.82) is 0 Å². The van der Waals surface area contributed by atoms with Crippen molar-refractivity contribution in [1.82, 2.24) is 26.4 Å². The summed E-state index contributed by atoms with van der Waals surface area (Å²) in [5, 5.41) is 28.4. The predicted octanol–water partition coefficient (Wildman–Crippen LogP) is 0.707. The van der Waals surface area contributed by atoms with Crippen molar-refractivity contribution in [3.8, 4) is 0 Å². The molecule has 3 aliphatic rings. The number of hydrogen-bond acceptors (Lipinski definition) is 8. The molecule has 4 rings (SSSR count). The lowest BCUT2D eigenvalue weighted by Gasteiger charge is -2.35. The van der Waals surface area contributed by atoms with Gasteiger partial charge < -0.3 is 30.9 Å². The van der Waals surface area contributed by atoms with Crippen LogP contribution in [0.5, 0.6) is 0 Å². The number of hydrazine groups is 1. The van der Waals surface area contributed by atoms with E-state index in [1.54, 1.807) is 30.5 Å². The van der Waals surface area contributed by atoms with Crippen LogP contribution in [0.2, 0.25) is 0 Å². The molecule has 1 aromatic rings. The first-order valence-corrected chi connectivity index (χ1v) is 10.5. The van der Waals surface area contributed by atoms with Crippen molar-refractivity contribution in [3.05, 3.63) is 83.6 Å². The SMILES string of the molecule is O=C(NC1C=C(OCC(O)CO)C=CN1)C1=CNC2C=CC(c3ccccc3C(F)(F)F)NN12. The van der Waals surface area contributed by atoms with Gasteiger partial charge in [-0.25, -0.2) is 5.43 Å². The number of dihydropyridines is 1. The van der Waals surface area contributed by atoms with Gasteiger partial charge in [-0.05, 0) is 23.8 Å². The topological polar surface area (TPSA) is 118 Å². The van der Waals surface area contributed by atoms with Gasteiger partial charge in [0.25, 0.3) is 5.91 Å². The van der Waals surface area contributed by atoms with Crippen LogP contribution in [0.3, 0.4) is 0 Å². The standard InChI is InChI=1S/C22H24F3N5O4/c23-22(24,25)16-4-2-1-3-15(16)17-5-6-20-27-10-18(30(20)29-17)21(33)28-19-9-14(7-8-26-19)34-12-13(32)11-31/h1-10,13,17,19-20,26-27,29,31-32H,11-12H2,(H,28,33). The molecule has 4 atom stereocenters. The van der Waals surface area contributed by atoms with E-state index in [1.165, 1.54) is 29.4 Å². The number of fused-ring (bicyclic) bond motifs is 1. The van der Waals surface area contributed by atoms with Crippen LogP contribution in [0, 0.1) is 0 Å². The van der Waals surface area contributed by atoms with E-state index >= 15 is 0 Å². The fourth-order valence-electron chi connectivity index (χ4n) is 3.68. The van der Waals surface area contributed by atoms with Gasteiger partial charge in [0.1, 0.15) is 36.5 Å². The summed E-state index contributed by atoms with van der Waals surface area (Å²) in [5.41, 5.74) is 2.47. The average molecular weight is 479 g/mol. The number of carbonyl (C=O) groups excluding carboxylic acids is 1. The molecule has 0 radical (unpaired) electrons. The van der Waals surface area contributed by atoms with E-state index in [0.29, 0.717) is 5.76 Å². The Morgan fingerprint density at radius 1 is 1.24 bits per heavy atom. The largest absolute Gasteiger partial charge is 0.491 e. The summed E-state index contributed by atoms with van der Waals surface area (Å²) in [4.78, 5) is 12.9. The minimum absolute atomic E-state index is 0.0465.